The number of imidazole rings is 1. The zero-order valence-electron chi connectivity index (χ0n) is 14.4. The monoisotopic (exact) mass is 325 g/mol. The maximum Gasteiger partial charge on any atom is 0.191 e. The van der Waals surface area contributed by atoms with Crippen LogP contribution >= 0.6 is 0 Å². The molecule has 0 radical (unpaired) electrons. The average Bonchev–Trinajstić information content (AvgIpc) is 3.27. The van der Waals surface area contributed by atoms with Crippen molar-refractivity contribution in [3.63, 3.8) is 0 Å². The fourth-order valence-corrected chi connectivity index (χ4v) is 3.24. The van der Waals surface area contributed by atoms with Crippen LogP contribution in [0.2, 0.25) is 0 Å². The van der Waals surface area contributed by atoms with Crippen molar-refractivity contribution in [3.05, 3.63) is 54.1 Å². The van der Waals surface area contributed by atoms with Crippen molar-refractivity contribution in [1.82, 2.24) is 20.2 Å². The smallest absolute Gasteiger partial charge is 0.191 e. The van der Waals surface area contributed by atoms with Crippen LogP contribution in [0.4, 0.5) is 0 Å². The molecule has 128 valence electrons. The van der Waals surface area contributed by atoms with E-state index in [0.29, 0.717) is 6.04 Å². The summed E-state index contributed by atoms with van der Waals surface area (Å²) in [6.45, 7) is 1.70. The molecule has 1 heterocycles. The van der Waals surface area contributed by atoms with Gasteiger partial charge in [-0.1, -0.05) is 43.2 Å². The molecule has 5 nitrogen and oxygen atoms in total. The number of nitrogens with one attached hydrogen (secondary N) is 2. The number of rotatable bonds is 6. The van der Waals surface area contributed by atoms with Crippen LogP contribution in [0.3, 0.4) is 0 Å². The highest BCUT2D eigenvalue weighted by Gasteiger charge is 2.15. The fourth-order valence-electron chi connectivity index (χ4n) is 3.24. The van der Waals surface area contributed by atoms with E-state index in [-0.39, 0.29) is 0 Å². The minimum absolute atomic E-state index is 0.580. The predicted octanol–water partition coefficient (Wildman–Crippen LogP) is 2.58. The Kier molecular flexibility index (Phi) is 5.88. The Morgan fingerprint density at radius 2 is 2.04 bits per heavy atom. The molecule has 2 aromatic rings. The van der Waals surface area contributed by atoms with E-state index in [2.05, 4.69) is 49.4 Å². The molecule has 0 saturated heterocycles. The van der Waals surface area contributed by atoms with E-state index in [1.807, 2.05) is 25.5 Å². The summed E-state index contributed by atoms with van der Waals surface area (Å²) in [5, 5.41) is 6.92. The molecule has 1 fully saturated rings. The third kappa shape index (κ3) is 4.60. The third-order valence-electron chi connectivity index (χ3n) is 4.56. The number of aromatic nitrogens is 2. The van der Waals surface area contributed by atoms with Gasteiger partial charge >= 0.3 is 0 Å². The van der Waals surface area contributed by atoms with E-state index in [0.717, 1.165) is 31.3 Å². The summed E-state index contributed by atoms with van der Waals surface area (Å²) in [5.74, 6) is 2.01. The second-order valence-corrected chi connectivity index (χ2v) is 6.33. The highest BCUT2D eigenvalue weighted by molar-refractivity contribution is 5.79. The van der Waals surface area contributed by atoms with Gasteiger partial charge in [0.2, 0.25) is 0 Å². The first kappa shape index (κ1) is 16.6. The maximum atomic E-state index is 4.50. The molecule has 24 heavy (non-hydrogen) atoms. The third-order valence-corrected chi connectivity index (χ3v) is 4.56. The van der Waals surface area contributed by atoms with E-state index < -0.39 is 0 Å². The van der Waals surface area contributed by atoms with Gasteiger partial charge in [-0.05, 0) is 18.4 Å². The Bertz CT molecular complexity index is 641. The predicted molar refractivity (Wildman–Crippen MR) is 98.2 cm³/mol. The number of hydrogen-bond donors (Lipinski definition) is 2. The van der Waals surface area contributed by atoms with Gasteiger partial charge in [0.1, 0.15) is 5.82 Å². The molecule has 5 heteroatoms. The molecule has 3 rings (SSSR count). The largest absolute Gasteiger partial charge is 0.356 e. The van der Waals surface area contributed by atoms with E-state index in [9.17, 15) is 0 Å². The quantitative estimate of drug-likeness (QED) is 0.634. The molecule has 0 bridgehead atoms. The Labute approximate surface area is 144 Å². The molecule has 0 spiro atoms. The molecule has 0 atom stereocenters. The van der Waals surface area contributed by atoms with Crippen molar-refractivity contribution in [2.24, 2.45) is 4.99 Å². The van der Waals surface area contributed by atoms with Gasteiger partial charge in [-0.3, -0.25) is 4.99 Å². The standard InChI is InChI=1S/C19H27N5/c1-20-19(23-17-9-5-6-10-17)22-12-11-18-21-13-14-24(18)15-16-7-3-2-4-8-16/h2-4,7-8,13-14,17H,5-6,9-12,15H2,1H3,(H2,20,22,23). The highest BCUT2D eigenvalue weighted by Crippen LogP contribution is 2.17. The van der Waals surface area contributed by atoms with Gasteiger partial charge in [-0.25, -0.2) is 4.98 Å². The SMILES string of the molecule is CN=C(NCCc1nccn1Cc1ccccc1)NC1CCCC1. The van der Waals surface area contributed by atoms with E-state index in [4.69, 9.17) is 0 Å². The number of aliphatic imine (C=N–C) groups is 1. The lowest BCUT2D eigenvalue weighted by molar-refractivity contribution is 0.610. The Balaban J connectivity index is 1.49. The van der Waals surface area contributed by atoms with Gasteiger partial charge in [0.05, 0.1) is 0 Å². The van der Waals surface area contributed by atoms with Gasteiger partial charge in [0, 0.05) is 45.0 Å². The summed E-state index contributed by atoms with van der Waals surface area (Å²) in [5.41, 5.74) is 1.29. The summed E-state index contributed by atoms with van der Waals surface area (Å²) in [6.07, 6.45) is 9.96. The summed E-state index contributed by atoms with van der Waals surface area (Å²) < 4.78 is 2.21. The van der Waals surface area contributed by atoms with Crippen LogP contribution < -0.4 is 10.6 Å². The summed E-state index contributed by atoms with van der Waals surface area (Å²) in [7, 11) is 1.83. The first-order valence-corrected chi connectivity index (χ1v) is 8.86. The summed E-state index contributed by atoms with van der Waals surface area (Å²) in [6, 6.07) is 11.1. The van der Waals surface area contributed by atoms with Gasteiger partial charge in [0.25, 0.3) is 0 Å². The zero-order valence-corrected chi connectivity index (χ0v) is 14.4. The molecule has 2 N–H and O–H groups in total. The zero-order chi connectivity index (χ0) is 16.6. The van der Waals surface area contributed by atoms with Crippen LogP contribution in [-0.4, -0.2) is 35.1 Å². The normalized spacial score (nSPS) is 15.6. The average molecular weight is 325 g/mol. The van der Waals surface area contributed by atoms with Crippen molar-refractivity contribution >= 4 is 5.96 Å². The van der Waals surface area contributed by atoms with Crippen LogP contribution in [0.1, 0.15) is 37.1 Å². The first-order valence-electron chi connectivity index (χ1n) is 8.86. The van der Waals surface area contributed by atoms with Gasteiger partial charge in [0.15, 0.2) is 5.96 Å². The van der Waals surface area contributed by atoms with Crippen molar-refractivity contribution in [2.45, 2.75) is 44.7 Å². The molecular weight excluding hydrogens is 298 g/mol. The van der Waals surface area contributed by atoms with Crippen molar-refractivity contribution < 1.29 is 0 Å². The Morgan fingerprint density at radius 3 is 2.79 bits per heavy atom. The van der Waals surface area contributed by atoms with Crippen LogP contribution in [0.25, 0.3) is 0 Å². The van der Waals surface area contributed by atoms with Crippen molar-refractivity contribution in [3.8, 4) is 0 Å². The lowest BCUT2D eigenvalue weighted by atomic mass is 10.2. The van der Waals surface area contributed by atoms with E-state index in [1.165, 1.54) is 31.2 Å². The molecule has 0 amide bonds. The molecule has 1 aromatic carbocycles. The maximum absolute atomic E-state index is 4.50. The second kappa shape index (κ2) is 8.52. The van der Waals surface area contributed by atoms with Gasteiger partial charge in [-0.2, -0.15) is 0 Å². The minimum Gasteiger partial charge on any atom is -0.356 e. The van der Waals surface area contributed by atoms with Crippen LogP contribution in [0, 0.1) is 0 Å². The molecular formula is C19H27N5. The summed E-state index contributed by atoms with van der Waals surface area (Å²) >= 11 is 0. The van der Waals surface area contributed by atoms with E-state index >= 15 is 0 Å². The number of benzene rings is 1. The summed E-state index contributed by atoms with van der Waals surface area (Å²) in [4.78, 5) is 8.83. The van der Waals surface area contributed by atoms with Crippen LogP contribution in [-0.2, 0) is 13.0 Å². The first-order chi connectivity index (χ1) is 11.8. The molecule has 1 saturated carbocycles. The van der Waals surface area contributed by atoms with E-state index in [1.54, 1.807) is 0 Å². The Morgan fingerprint density at radius 1 is 1.25 bits per heavy atom. The van der Waals surface area contributed by atoms with Crippen molar-refractivity contribution in [1.29, 1.82) is 0 Å². The van der Waals surface area contributed by atoms with Crippen LogP contribution in [0.5, 0.6) is 0 Å². The molecule has 1 aromatic heterocycles. The number of nitrogens with zero attached hydrogens (tertiary/aromatic N) is 3. The molecule has 1 aliphatic carbocycles. The number of hydrogen-bond acceptors (Lipinski definition) is 2. The Hall–Kier alpha value is -2.30. The van der Waals surface area contributed by atoms with Gasteiger partial charge < -0.3 is 15.2 Å². The van der Waals surface area contributed by atoms with Crippen LogP contribution in [0.15, 0.2) is 47.7 Å². The topological polar surface area (TPSA) is 54.2 Å². The molecule has 0 aliphatic heterocycles. The lowest BCUT2D eigenvalue weighted by Gasteiger charge is -2.17. The second-order valence-electron chi connectivity index (χ2n) is 6.33. The fraction of sp³-hybridized carbons (Fsp3) is 0.474. The lowest BCUT2D eigenvalue weighted by Crippen LogP contribution is -2.43. The number of guanidine groups is 1. The highest BCUT2D eigenvalue weighted by atomic mass is 15.2. The minimum atomic E-state index is 0.580. The molecule has 1 aliphatic rings. The van der Waals surface area contributed by atoms with Crippen molar-refractivity contribution in [2.75, 3.05) is 13.6 Å². The van der Waals surface area contributed by atoms with Gasteiger partial charge in [-0.15, -0.1) is 0 Å². The molecule has 0 unspecified atom stereocenters.